The maximum absolute atomic E-state index is 11.3. The van der Waals surface area contributed by atoms with Gasteiger partial charge in [0.15, 0.2) is 0 Å². The number of aliphatic carboxylic acids is 1. The van der Waals surface area contributed by atoms with Crippen LogP contribution in [0.3, 0.4) is 0 Å². The maximum Gasteiger partial charge on any atom is 0.303 e. The number of rotatable bonds is 5. The second-order valence-electron chi connectivity index (χ2n) is 4.65. The summed E-state index contributed by atoms with van der Waals surface area (Å²) in [6.07, 6.45) is 0.144. The lowest BCUT2D eigenvalue weighted by atomic mass is 10.0. The van der Waals surface area contributed by atoms with Crippen LogP contribution < -0.4 is 5.48 Å². The summed E-state index contributed by atoms with van der Waals surface area (Å²) in [5.74, 6) is -1.38. The van der Waals surface area contributed by atoms with Crippen LogP contribution in [-0.4, -0.2) is 22.6 Å². The van der Waals surface area contributed by atoms with Crippen LogP contribution in [0.1, 0.15) is 40.5 Å². The van der Waals surface area contributed by atoms with E-state index in [-0.39, 0.29) is 24.7 Å². The summed E-state index contributed by atoms with van der Waals surface area (Å²) in [6, 6.07) is 0. The van der Waals surface area contributed by atoms with Crippen molar-refractivity contribution >= 4 is 11.9 Å². The van der Waals surface area contributed by atoms with Gasteiger partial charge in [-0.05, 0) is 26.7 Å². The molecule has 0 heterocycles. The lowest BCUT2D eigenvalue weighted by Crippen LogP contribution is -2.34. The molecule has 0 aliphatic carbocycles. The van der Waals surface area contributed by atoms with Crippen LogP contribution in [0.4, 0.5) is 0 Å². The third-order valence-electron chi connectivity index (χ3n) is 1.53. The summed E-state index contributed by atoms with van der Waals surface area (Å²) in [4.78, 5) is 26.6. The van der Waals surface area contributed by atoms with E-state index in [1.807, 2.05) is 20.8 Å². The number of amides is 1. The molecule has 0 bridgehead atoms. The fraction of sp³-hybridized carbons (Fsp3) is 0.800. The van der Waals surface area contributed by atoms with Gasteiger partial charge in [-0.2, -0.15) is 0 Å². The van der Waals surface area contributed by atoms with Crippen LogP contribution in [0.25, 0.3) is 0 Å². The van der Waals surface area contributed by atoms with Crippen molar-refractivity contribution in [3.63, 3.8) is 0 Å². The van der Waals surface area contributed by atoms with Crippen molar-refractivity contribution in [2.75, 3.05) is 0 Å². The SMILES string of the molecule is CC(CC(=O)O)CC(=O)NOC(C)(C)C. The average Bonchev–Trinajstić information content (AvgIpc) is 1.97. The number of carboxylic acids is 1. The molecule has 2 N–H and O–H groups in total. The Kier molecular flexibility index (Phi) is 5.28. The molecular formula is C10H19NO4. The first-order valence-corrected chi connectivity index (χ1v) is 4.89. The monoisotopic (exact) mass is 217 g/mol. The van der Waals surface area contributed by atoms with Gasteiger partial charge in [0.05, 0.1) is 5.60 Å². The molecule has 1 atom stereocenters. The molecule has 1 amide bonds. The van der Waals surface area contributed by atoms with E-state index in [0.29, 0.717) is 0 Å². The largest absolute Gasteiger partial charge is 0.481 e. The van der Waals surface area contributed by atoms with Gasteiger partial charge in [0.1, 0.15) is 0 Å². The van der Waals surface area contributed by atoms with Crippen LogP contribution in [0.5, 0.6) is 0 Å². The van der Waals surface area contributed by atoms with Gasteiger partial charge in [0, 0.05) is 12.8 Å². The Balaban J connectivity index is 3.79. The molecule has 0 spiro atoms. The lowest BCUT2D eigenvalue weighted by molar-refractivity contribution is -0.147. The first-order valence-electron chi connectivity index (χ1n) is 4.89. The lowest BCUT2D eigenvalue weighted by Gasteiger charge is -2.19. The zero-order valence-electron chi connectivity index (χ0n) is 9.66. The zero-order valence-corrected chi connectivity index (χ0v) is 9.66. The van der Waals surface area contributed by atoms with Crippen molar-refractivity contribution in [1.82, 2.24) is 5.48 Å². The van der Waals surface area contributed by atoms with E-state index in [9.17, 15) is 9.59 Å². The molecule has 0 fully saturated rings. The molecule has 0 aliphatic rings. The predicted octanol–water partition coefficient (Wildman–Crippen LogP) is 1.33. The van der Waals surface area contributed by atoms with Crippen LogP contribution in [0, 0.1) is 5.92 Å². The summed E-state index contributed by atoms with van der Waals surface area (Å²) in [5, 5.41) is 8.49. The van der Waals surface area contributed by atoms with Crippen LogP contribution in [-0.2, 0) is 14.4 Å². The van der Waals surface area contributed by atoms with Crippen molar-refractivity contribution in [3.05, 3.63) is 0 Å². The molecule has 0 aliphatic heterocycles. The van der Waals surface area contributed by atoms with Gasteiger partial charge in [0.2, 0.25) is 5.91 Å². The number of carbonyl (C=O) groups excluding carboxylic acids is 1. The molecule has 0 aromatic carbocycles. The normalized spacial score (nSPS) is 13.3. The van der Waals surface area contributed by atoms with Crippen LogP contribution in [0.15, 0.2) is 0 Å². The smallest absolute Gasteiger partial charge is 0.303 e. The molecule has 5 heteroatoms. The highest BCUT2D eigenvalue weighted by molar-refractivity contribution is 5.76. The minimum absolute atomic E-state index is 0.0110. The number of hydrogen-bond acceptors (Lipinski definition) is 3. The van der Waals surface area contributed by atoms with E-state index in [1.54, 1.807) is 6.92 Å². The van der Waals surface area contributed by atoms with Gasteiger partial charge in [-0.15, -0.1) is 0 Å². The third-order valence-corrected chi connectivity index (χ3v) is 1.53. The Morgan fingerprint density at radius 3 is 2.27 bits per heavy atom. The standard InChI is InChI=1S/C10H19NO4/c1-7(6-9(13)14)5-8(12)11-15-10(2,3)4/h7H,5-6H2,1-4H3,(H,11,12)(H,13,14). The van der Waals surface area contributed by atoms with Crippen molar-refractivity contribution < 1.29 is 19.5 Å². The van der Waals surface area contributed by atoms with E-state index in [4.69, 9.17) is 9.94 Å². The number of nitrogens with one attached hydrogen (secondary N) is 1. The van der Waals surface area contributed by atoms with Crippen molar-refractivity contribution in [1.29, 1.82) is 0 Å². The highest BCUT2D eigenvalue weighted by Gasteiger charge is 2.16. The van der Waals surface area contributed by atoms with Gasteiger partial charge >= 0.3 is 5.97 Å². The van der Waals surface area contributed by atoms with Crippen LogP contribution in [0.2, 0.25) is 0 Å². The number of hydroxylamine groups is 1. The van der Waals surface area contributed by atoms with Gasteiger partial charge in [-0.25, -0.2) is 5.48 Å². The summed E-state index contributed by atoms with van der Waals surface area (Å²) < 4.78 is 0. The first kappa shape index (κ1) is 13.9. The topological polar surface area (TPSA) is 75.6 Å². The van der Waals surface area contributed by atoms with E-state index in [1.165, 1.54) is 0 Å². The minimum Gasteiger partial charge on any atom is -0.481 e. The van der Waals surface area contributed by atoms with Crippen LogP contribution >= 0.6 is 0 Å². The molecule has 5 nitrogen and oxygen atoms in total. The van der Waals surface area contributed by atoms with Gasteiger partial charge < -0.3 is 5.11 Å². The summed E-state index contributed by atoms with van der Waals surface area (Å²) >= 11 is 0. The first-order chi connectivity index (χ1) is 6.70. The highest BCUT2D eigenvalue weighted by atomic mass is 16.7. The summed E-state index contributed by atoms with van der Waals surface area (Å²) in [7, 11) is 0. The molecule has 0 aromatic rings. The van der Waals surface area contributed by atoms with Crippen molar-refractivity contribution in [3.8, 4) is 0 Å². The molecule has 0 aromatic heterocycles. The Hall–Kier alpha value is -1.10. The molecule has 0 saturated heterocycles. The van der Waals surface area contributed by atoms with E-state index in [2.05, 4.69) is 5.48 Å². The predicted molar refractivity (Wildman–Crippen MR) is 55.0 cm³/mol. The quantitative estimate of drug-likeness (QED) is 0.681. The molecule has 0 saturated carbocycles. The van der Waals surface area contributed by atoms with Gasteiger partial charge in [0.25, 0.3) is 0 Å². The third kappa shape index (κ3) is 9.21. The minimum atomic E-state index is -0.896. The average molecular weight is 217 g/mol. The van der Waals surface area contributed by atoms with Gasteiger partial charge in [-0.3, -0.25) is 14.4 Å². The molecular weight excluding hydrogens is 198 g/mol. The molecule has 15 heavy (non-hydrogen) atoms. The second kappa shape index (κ2) is 5.70. The summed E-state index contributed by atoms with van der Waals surface area (Å²) in [6.45, 7) is 7.15. The summed E-state index contributed by atoms with van der Waals surface area (Å²) in [5.41, 5.74) is 1.86. The highest BCUT2D eigenvalue weighted by Crippen LogP contribution is 2.08. The number of hydrogen-bond donors (Lipinski definition) is 2. The second-order valence-corrected chi connectivity index (χ2v) is 4.65. The molecule has 1 unspecified atom stereocenters. The fourth-order valence-electron chi connectivity index (χ4n) is 0.938. The zero-order chi connectivity index (χ0) is 12.1. The molecule has 88 valence electrons. The Labute approximate surface area is 89.8 Å². The van der Waals surface area contributed by atoms with E-state index < -0.39 is 11.6 Å². The molecule has 0 rings (SSSR count). The number of carboxylic acid groups (broad SMARTS) is 1. The maximum atomic E-state index is 11.3. The Morgan fingerprint density at radius 2 is 1.87 bits per heavy atom. The van der Waals surface area contributed by atoms with E-state index >= 15 is 0 Å². The van der Waals surface area contributed by atoms with Crippen molar-refractivity contribution in [2.45, 2.75) is 46.1 Å². The Morgan fingerprint density at radius 1 is 1.33 bits per heavy atom. The Bertz CT molecular complexity index is 232. The number of carbonyl (C=O) groups is 2. The molecule has 0 radical (unpaired) electrons. The van der Waals surface area contributed by atoms with E-state index in [0.717, 1.165) is 0 Å². The van der Waals surface area contributed by atoms with Gasteiger partial charge in [-0.1, -0.05) is 6.92 Å². The van der Waals surface area contributed by atoms with Crippen molar-refractivity contribution in [2.24, 2.45) is 5.92 Å². The fourth-order valence-corrected chi connectivity index (χ4v) is 0.938.